The quantitative estimate of drug-likeness (QED) is 0.776. The van der Waals surface area contributed by atoms with Crippen LogP contribution in [0.2, 0.25) is 0 Å². The van der Waals surface area contributed by atoms with Gasteiger partial charge in [0.25, 0.3) is 0 Å². The molecule has 2 heterocycles. The number of benzene rings is 1. The number of fused-ring (bicyclic) bond motifs is 1. The van der Waals surface area contributed by atoms with E-state index in [1.807, 2.05) is 28.5 Å². The molecule has 0 aliphatic carbocycles. The molecule has 0 bridgehead atoms. The Kier molecular flexibility index (Phi) is 4.13. The van der Waals surface area contributed by atoms with Crippen molar-refractivity contribution in [1.29, 1.82) is 0 Å². The fourth-order valence-electron chi connectivity index (χ4n) is 2.36. The maximum absolute atomic E-state index is 14.2. The molecule has 5 heteroatoms. The fraction of sp³-hybridized carbons (Fsp3) is 0.188. The lowest BCUT2D eigenvalue weighted by Gasteiger charge is -2.24. The normalized spacial score (nSPS) is 11.0. The minimum absolute atomic E-state index is 0.247. The molecule has 2 aromatic heterocycles. The first-order chi connectivity index (χ1) is 10.3. The highest BCUT2D eigenvalue weighted by molar-refractivity contribution is 7.17. The van der Waals surface area contributed by atoms with E-state index in [2.05, 4.69) is 4.98 Å². The fourth-order valence-corrected chi connectivity index (χ4v) is 3.13. The van der Waals surface area contributed by atoms with E-state index in [9.17, 15) is 4.39 Å². The van der Waals surface area contributed by atoms with Gasteiger partial charge >= 0.3 is 0 Å². The van der Waals surface area contributed by atoms with Gasteiger partial charge in [0.1, 0.15) is 11.6 Å². The Hall–Kier alpha value is -1.98. The monoisotopic (exact) mass is 301 g/mol. The maximum atomic E-state index is 14.2. The lowest BCUT2D eigenvalue weighted by molar-refractivity contribution is 0.623. The number of rotatable bonds is 5. The van der Waals surface area contributed by atoms with Gasteiger partial charge in [-0.3, -0.25) is 0 Å². The number of para-hydroxylation sites is 1. The van der Waals surface area contributed by atoms with E-state index in [0.717, 1.165) is 22.3 Å². The molecule has 3 nitrogen and oxygen atoms in total. The van der Waals surface area contributed by atoms with Gasteiger partial charge in [0.2, 0.25) is 0 Å². The Labute approximate surface area is 126 Å². The zero-order valence-corrected chi connectivity index (χ0v) is 12.3. The molecule has 3 aromatic rings. The molecule has 0 aliphatic rings. The molecule has 3 rings (SSSR count). The van der Waals surface area contributed by atoms with Gasteiger partial charge in [0.05, 0.1) is 5.69 Å². The summed E-state index contributed by atoms with van der Waals surface area (Å²) < 4.78 is 15.3. The van der Waals surface area contributed by atoms with Crippen LogP contribution in [0.5, 0.6) is 0 Å². The van der Waals surface area contributed by atoms with Gasteiger partial charge in [-0.25, -0.2) is 9.37 Å². The first kappa shape index (κ1) is 14.0. The molecule has 0 aliphatic heterocycles. The van der Waals surface area contributed by atoms with Crippen molar-refractivity contribution in [2.45, 2.75) is 6.42 Å². The molecule has 0 unspecified atom stereocenters. The van der Waals surface area contributed by atoms with Crippen LogP contribution >= 0.6 is 11.3 Å². The second-order valence-electron chi connectivity index (χ2n) is 4.71. The first-order valence-corrected chi connectivity index (χ1v) is 7.73. The first-order valence-electron chi connectivity index (χ1n) is 6.85. The minimum Gasteiger partial charge on any atom is -0.330 e. The van der Waals surface area contributed by atoms with Gasteiger partial charge in [-0.1, -0.05) is 12.1 Å². The number of hydrogen-bond acceptors (Lipinski definition) is 4. The van der Waals surface area contributed by atoms with Crippen molar-refractivity contribution >= 4 is 32.9 Å². The van der Waals surface area contributed by atoms with Crippen LogP contribution in [-0.4, -0.2) is 18.1 Å². The van der Waals surface area contributed by atoms with E-state index >= 15 is 0 Å². The zero-order chi connectivity index (χ0) is 14.7. The summed E-state index contributed by atoms with van der Waals surface area (Å²) in [5.41, 5.74) is 6.16. The van der Waals surface area contributed by atoms with Crippen molar-refractivity contribution in [1.82, 2.24) is 4.98 Å². The maximum Gasteiger partial charge on any atom is 0.146 e. The van der Waals surface area contributed by atoms with Crippen molar-refractivity contribution in [2.24, 2.45) is 5.73 Å². The number of nitrogens with zero attached hydrogens (tertiary/aromatic N) is 2. The Morgan fingerprint density at radius 3 is 2.86 bits per heavy atom. The highest BCUT2D eigenvalue weighted by Gasteiger charge is 2.17. The largest absolute Gasteiger partial charge is 0.330 e. The number of aromatic nitrogens is 1. The van der Waals surface area contributed by atoms with E-state index < -0.39 is 0 Å². The van der Waals surface area contributed by atoms with Crippen molar-refractivity contribution in [3.8, 4) is 0 Å². The molecular formula is C16H16FN3S. The van der Waals surface area contributed by atoms with E-state index in [-0.39, 0.29) is 5.82 Å². The topological polar surface area (TPSA) is 42.1 Å². The van der Waals surface area contributed by atoms with Gasteiger partial charge in [-0.15, -0.1) is 11.3 Å². The van der Waals surface area contributed by atoms with Crippen molar-refractivity contribution < 1.29 is 4.39 Å². The van der Waals surface area contributed by atoms with Gasteiger partial charge in [0, 0.05) is 22.8 Å². The highest BCUT2D eigenvalue weighted by Crippen LogP contribution is 2.33. The molecule has 0 atom stereocenters. The van der Waals surface area contributed by atoms with Gasteiger partial charge in [0.15, 0.2) is 0 Å². The number of pyridine rings is 1. The number of nitrogens with two attached hydrogens (primary N) is 1. The van der Waals surface area contributed by atoms with Crippen molar-refractivity contribution in [2.75, 3.05) is 18.0 Å². The predicted molar refractivity (Wildman–Crippen MR) is 86.7 cm³/mol. The van der Waals surface area contributed by atoms with E-state index in [1.165, 1.54) is 6.07 Å². The summed E-state index contributed by atoms with van der Waals surface area (Å²) >= 11 is 1.66. The molecule has 0 saturated carbocycles. The molecular weight excluding hydrogens is 285 g/mol. The summed E-state index contributed by atoms with van der Waals surface area (Å²) in [7, 11) is 0. The molecule has 0 amide bonds. The Bertz CT molecular complexity index is 741. The van der Waals surface area contributed by atoms with Gasteiger partial charge < -0.3 is 10.6 Å². The lowest BCUT2D eigenvalue weighted by Crippen LogP contribution is -2.23. The third-order valence-corrected chi connectivity index (χ3v) is 4.23. The van der Waals surface area contributed by atoms with Crippen LogP contribution in [0.4, 0.5) is 15.9 Å². The van der Waals surface area contributed by atoms with E-state index in [1.54, 1.807) is 29.7 Å². The van der Waals surface area contributed by atoms with Crippen LogP contribution in [-0.2, 0) is 0 Å². The average Bonchev–Trinajstić information content (AvgIpc) is 2.98. The molecule has 21 heavy (non-hydrogen) atoms. The summed E-state index contributed by atoms with van der Waals surface area (Å²) in [5, 5.41) is 3.07. The summed E-state index contributed by atoms with van der Waals surface area (Å²) in [4.78, 5) is 6.39. The van der Waals surface area contributed by atoms with E-state index in [0.29, 0.717) is 18.8 Å². The van der Waals surface area contributed by atoms with Crippen LogP contribution in [0, 0.1) is 5.82 Å². The SMILES string of the molecule is NCCCN(c1ccccc1F)c1nccc2sccc12. The smallest absolute Gasteiger partial charge is 0.146 e. The number of halogens is 1. The second kappa shape index (κ2) is 6.20. The Balaban J connectivity index is 2.11. The van der Waals surface area contributed by atoms with Crippen molar-refractivity contribution in [3.05, 3.63) is 53.8 Å². The van der Waals surface area contributed by atoms with Crippen LogP contribution in [0.1, 0.15) is 6.42 Å². The number of thiophene rings is 1. The molecule has 1 aromatic carbocycles. The Morgan fingerprint density at radius 1 is 1.19 bits per heavy atom. The summed E-state index contributed by atoms with van der Waals surface area (Å²) in [6.45, 7) is 1.20. The average molecular weight is 301 g/mol. The predicted octanol–water partition coefficient (Wildman–Crippen LogP) is 3.92. The minimum atomic E-state index is -0.247. The number of hydrogen-bond donors (Lipinski definition) is 1. The molecule has 0 fully saturated rings. The third kappa shape index (κ3) is 2.75. The van der Waals surface area contributed by atoms with E-state index in [4.69, 9.17) is 5.73 Å². The second-order valence-corrected chi connectivity index (χ2v) is 5.66. The summed E-state index contributed by atoms with van der Waals surface area (Å²) in [6, 6.07) is 10.8. The molecule has 2 N–H and O–H groups in total. The lowest BCUT2D eigenvalue weighted by atomic mass is 10.2. The Morgan fingerprint density at radius 2 is 2.05 bits per heavy atom. The van der Waals surface area contributed by atoms with Gasteiger partial charge in [-0.05, 0) is 42.6 Å². The van der Waals surface area contributed by atoms with Crippen LogP contribution < -0.4 is 10.6 Å². The molecule has 0 radical (unpaired) electrons. The van der Waals surface area contributed by atoms with Gasteiger partial charge in [-0.2, -0.15) is 0 Å². The van der Waals surface area contributed by atoms with Crippen molar-refractivity contribution in [3.63, 3.8) is 0 Å². The van der Waals surface area contributed by atoms with Crippen LogP contribution in [0.15, 0.2) is 48.0 Å². The molecule has 0 saturated heterocycles. The zero-order valence-electron chi connectivity index (χ0n) is 11.5. The third-order valence-electron chi connectivity index (χ3n) is 3.34. The molecule has 0 spiro atoms. The number of anilines is 2. The highest BCUT2D eigenvalue weighted by atomic mass is 32.1. The summed E-state index contributed by atoms with van der Waals surface area (Å²) in [5.74, 6) is 0.538. The van der Waals surface area contributed by atoms with Crippen LogP contribution in [0.25, 0.3) is 10.1 Å². The standard InChI is InChI=1S/C16H16FN3S/c17-13-4-1-2-5-14(13)20(10-3-8-18)16-12-7-11-21-15(12)6-9-19-16/h1-2,4-7,9,11H,3,8,10,18H2. The summed E-state index contributed by atoms with van der Waals surface area (Å²) in [6.07, 6.45) is 2.54. The molecule has 108 valence electrons. The van der Waals surface area contributed by atoms with Crippen LogP contribution in [0.3, 0.4) is 0 Å².